The van der Waals surface area contributed by atoms with E-state index in [1.165, 1.54) is 37.7 Å². The van der Waals surface area contributed by atoms with E-state index in [9.17, 15) is 0 Å². The molecule has 1 aliphatic rings. The van der Waals surface area contributed by atoms with Gasteiger partial charge in [-0.25, -0.2) is 0 Å². The third-order valence-corrected chi connectivity index (χ3v) is 4.14. The fourth-order valence-electron chi connectivity index (χ4n) is 2.69. The summed E-state index contributed by atoms with van der Waals surface area (Å²) < 4.78 is 0. The molecule has 1 aromatic rings. The highest BCUT2D eigenvalue weighted by molar-refractivity contribution is 9.09. The monoisotopic (exact) mass is 295 g/mol. The van der Waals surface area contributed by atoms with Crippen molar-refractivity contribution in [2.45, 2.75) is 44.4 Å². The largest absolute Gasteiger partial charge is 0.307 e. The highest BCUT2D eigenvalue weighted by atomic mass is 79.9. The molecule has 1 fully saturated rings. The van der Waals surface area contributed by atoms with Crippen LogP contribution in [0.4, 0.5) is 0 Å². The highest BCUT2D eigenvalue weighted by Gasteiger charge is 2.14. The van der Waals surface area contributed by atoms with Gasteiger partial charge in [-0.3, -0.25) is 0 Å². The first kappa shape index (κ1) is 13.1. The SMILES string of the molecule is BrCNCCc1ccc(C2CCCCC2)cc1. The standard InChI is InChI=1S/C15H22BrN/c16-12-17-11-10-13-6-8-15(9-7-13)14-4-2-1-3-5-14/h6-9,14,17H,1-5,10-12H2. The normalized spacial score (nSPS) is 17.2. The second-order valence-corrected chi connectivity index (χ2v) is 5.52. The first-order valence-corrected chi connectivity index (χ1v) is 7.88. The van der Waals surface area contributed by atoms with Crippen molar-refractivity contribution in [2.24, 2.45) is 0 Å². The second kappa shape index (κ2) is 7.17. The third-order valence-electron chi connectivity index (χ3n) is 3.74. The molecule has 94 valence electrons. The Kier molecular flexibility index (Phi) is 5.53. The Balaban J connectivity index is 1.88. The molecule has 1 aromatic carbocycles. The molecule has 0 heterocycles. The number of halogens is 1. The van der Waals surface area contributed by atoms with Crippen molar-refractivity contribution in [1.29, 1.82) is 0 Å². The third kappa shape index (κ3) is 4.11. The van der Waals surface area contributed by atoms with Gasteiger partial charge < -0.3 is 5.32 Å². The number of hydrogen-bond donors (Lipinski definition) is 1. The van der Waals surface area contributed by atoms with Crippen LogP contribution in [0.3, 0.4) is 0 Å². The van der Waals surface area contributed by atoms with Gasteiger partial charge in [0.2, 0.25) is 0 Å². The number of nitrogens with one attached hydrogen (secondary N) is 1. The summed E-state index contributed by atoms with van der Waals surface area (Å²) in [6, 6.07) is 9.30. The Morgan fingerprint density at radius 1 is 1.06 bits per heavy atom. The molecule has 0 bridgehead atoms. The topological polar surface area (TPSA) is 12.0 Å². The minimum Gasteiger partial charge on any atom is -0.307 e. The molecule has 17 heavy (non-hydrogen) atoms. The number of alkyl halides is 1. The first-order chi connectivity index (χ1) is 8.40. The van der Waals surface area contributed by atoms with Gasteiger partial charge in [-0.1, -0.05) is 59.5 Å². The van der Waals surface area contributed by atoms with E-state index in [1.54, 1.807) is 5.56 Å². The lowest BCUT2D eigenvalue weighted by molar-refractivity contribution is 0.443. The smallest absolute Gasteiger partial charge is 0.0517 e. The van der Waals surface area contributed by atoms with Crippen molar-refractivity contribution in [1.82, 2.24) is 5.32 Å². The lowest BCUT2D eigenvalue weighted by Gasteiger charge is -2.22. The Bertz CT molecular complexity index is 314. The van der Waals surface area contributed by atoms with Crippen LogP contribution in [0.15, 0.2) is 24.3 Å². The lowest BCUT2D eigenvalue weighted by Crippen LogP contribution is -2.14. The van der Waals surface area contributed by atoms with Gasteiger partial charge in [0, 0.05) is 0 Å². The number of benzene rings is 1. The van der Waals surface area contributed by atoms with Gasteiger partial charge in [-0.2, -0.15) is 0 Å². The lowest BCUT2D eigenvalue weighted by atomic mass is 9.84. The van der Waals surface area contributed by atoms with Gasteiger partial charge in [-0.15, -0.1) is 0 Å². The van der Waals surface area contributed by atoms with Crippen molar-refractivity contribution in [3.05, 3.63) is 35.4 Å². The minimum absolute atomic E-state index is 0.832. The molecule has 0 unspecified atom stereocenters. The molecular formula is C15H22BrN. The maximum atomic E-state index is 3.38. The van der Waals surface area contributed by atoms with E-state index in [4.69, 9.17) is 0 Å². The van der Waals surface area contributed by atoms with Crippen LogP contribution in [-0.4, -0.2) is 12.0 Å². The molecule has 1 aliphatic carbocycles. The van der Waals surface area contributed by atoms with E-state index >= 15 is 0 Å². The van der Waals surface area contributed by atoms with Gasteiger partial charge in [-0.05, 0) is 42.9 Å². The van der Waals surface area contributed by atoms with E-state index in [-0.39, 0.29) is 0 Å². The van der Waals surface area contributed by atoms with Crippen LogP contribution >= 0.6 is 15.9 Å². The average molecular weight is 296 g/mol. The molecule has 1 nitrogen and oxygen atoms in total. The Labute approximate surface area is 113 Å². The predicted molar refractivity (Wildman–Crippen MR) is 77.8 cm³/mol. The van der Waals surface area contributed by atoms with E-state index < -0.39 is 0 Å². The quantitative estimate of drug-likeness (QED) is 0.487. The van der Waals surface area contributed by atoms with Gasteiger partial charge in [0.05, 0.1) is 5.45 Å². The minimum atomic E-state index is 0.832. The molecule has 1 saturated carbocycles. The van der Waals surface area contributed by atoms with Crippen LogP contribution in [0.2, 0.25) is 0 Å². The molecule has 0 aromatic heterocycles. The Morgan fingerprint density at radius 2 is 1.76 bits per heavy atom. The van der Waals surface area contributed by atoms with Gasteiger partial charge in [0.15, 0.2) is 0 Å². The molecule has 1 N–H and O–H groups in total. The number of rotatable bonds is 5. The molecule has 0 spiro atoms. The highest BCUT2D eigenvalue weighted by Crippen LogP contribution is 2.32. The molecule has 0 radical (unpaired) electrons. The molecule has 2 rings (SSSR count). The van der Waals surface area contributed by atoms with E-state index in [1.807, 2.05) is 0 Å². The summed E-state index contributed by atoms with van der Waals surface area (Å²) in [5, 5.41) is 3.29. The summed E-state index contributed by atoms with van der Waals surface area (Å²) in [5.41, 5.74) is 3.88. The summed E-state index contributed by atoms with van der Waals surface area (Å²) in [5.74, 6) is 0.832. The van der Waals surface area contributed by atoms with Crippen molar-refractivity contribution < 1.29 is 0 Å². The van der Waals surface area contributed by atoms with Crippen LogP contribution in [0.25, 0.3) is 0 Å². The summed E-state index contributed by atoms with van der Waals surface area (Å²) in [6.45, 7) is 1.05. The molecule has 0 atom stereocenters. The van der Waals surface area contributed by atoms with Crippen molar-refractivity contribution >= 4 is 15.9 Å². The van der Waals surface area contributed by atoms with Crippen LogP contribution in [-0.2, 0) is 6.42 Å². The summed E-state index contributed by atoms with van der Waals surface area (Å²) in [7, 11) is 0. The van der Waals surface area contributed by atoms with Crippen LogP contribution in [0, 0.1) is 0 Å². The summed E-state index contributed by atoms with van der Waals surface area (Å²) in [6.07, 6.45) is 8.18. The Morgan fingerprint density at radius 3 is 2.41 bits per heavy atom. The second-order valence-electron chi connectivity index (χ2n) is 4.96. The molecular weight excluding hydrogens is 274 g/mol. The summed E-state index contributed by atoms with van der Waals surface area (Å²) in [4.78, 5) is 0. The van der Waals surface area contributed by atoms with Gasteiger partial charge in [0.25, 0.3) is 0 Å². The predicted octanol–water partition coefficient (Wildman–Crippen LogP) is 4.22. The van der Waals surface area contributed by atoms with Crippen LogP contribution in [0.1, 0.15) is 49.1 Å². The molecule has 0 amide bonds. The van der Waals surface area contributed by atoms with E-state index in [0.717, 1.165) is 24.3 Å². The molecule has 0 saturated heterocycles. The molecule has 2 heteroatoms. The van der Waals surface area contributed by atoms with Crippen LogP contribution < -0.4 is 5.32 Å². The van der Waals surface area contributed by atoms with Crippen molar-refractivity contribution in [3.8, 4) is 0 Å². The number of hydrogen-bond acceptors (Lipinski definition) is 1. The van der Waals surface area contributed by atoms with Crippen molar-refractivity contribution in [2.75, 3.05) is 12.0 Å². The van der Waals surface area contributed by atoms with Crippen LogP contribution in [0.5, 0.6) is 0 Å². The zero-order valence-corrected chi connectivity index (χ0v) is 12.0. The fraction of sp³-hybridized carbons (Fsp3) is 0.600. The van der Waals surface area contributed by atoms with Gasteiger partial charge in [0.1, 0.15) is 0 Å². The maximum absolute atomic E-state index is 3.38. The molecule has 0 aliphatic heterocycles. The zero-order valence-electron chi connectivity index (χ0n) is 10.4. The van der Waals surface area contributed by atoms with Crippen molar-refractivity contribution in [3.63, 3.8) is 0 Å². The average Bonchev–Trinajstić information content (AvgIpc) is 2.41. The Hall–Kier alpha value is -0.340. The zero-order chi connectivity index (χ0) is 11.9. The fourth-order valence-corrected chi connectivity index (χ4v) is 2.97. The summed E-state index contributed by atoms with van der Waals surface area (Å²) >= 11 is 3.38. The van der Waals surface area contributed by atoms with Gasteiger partial charge >= 0.3 is 0 Å². The van der Waals surface area contributed by atoms with E-state index in [2.05, 4.69) is 45.5 Å². The van der Waals surface area contributed by atoms with E-state index in [0.29, 0.717) is 0 Å². The first-order valence-electron chi connectivity index (χ1n) is 6.75. The maximum Gasteiger partial charge on any atom is 0.0517 e.